The van der Waals surface area contributed by atoms with Crippen LogP contribution in [0.4, 0.5) is 0 Å². The molecule has 0 aromatic carbocycles. The van der Waals surface area contributed by atoms with Gasteiger partial charge in [-0.15, -0.1) is 0 Å². The molecular formula is C17H29N3O2. The van der Waals surface area contributed by atoms with Crippen LogP contribution in [0.15, 0.2) is 27.8 Å². The predicted octanol–water partition coefficient (Wildman–Crippen LogP) is 2.72. The number of guanidine groups is 1. The molecule has 1 aliphatic heterocycles. The van der Waals surface area contributed by atoms with Gasteiger partial charge in [0.25, 0.3) is 0 Å². The Bertz CT molecular complexity index is 450. The number of hydrogen-bond donors (Lipinski definition) is 2. The van der Waals surface area contributed by atoms with E-state index in [0.29, 0.717) is 12.6 Å². The van der Waals surface area contributed by atoms with E-state index in [-0.39, 0.29) is 5.60 Å². The van der Waals surface area contributed by atoms with Crippen molar-refractivity contribution >= 4 is 5.96 Å². The molecule has 2 atom stereocenters. The van der Waals surface area contributed by atoms with Crippen molar-refractivity contribution < 1.29 is 9.15 Å². The zero-order valence-corrected chi connectivity index (χ0v) is 14.0. The second-order valence-electron chi connectivity index (χ2n) is 6.28. The number of aliphatic imine (C=N–C) groups is 1. The van der Waals surface area contributed by atoms with Crippen LogP contribution in [-0.2, 0) is 11.2 Å². The molecule has 5 nitrogen and oxygen atoms in total. The van der Waals surface area contributed by atoms with Crippen molar-refractivity contribution in [1.82, 2.24) is 10.6 Å². The average Bonchev–Trinajstić information content (AvgIpc) is 3.16. The van der Waals surface area contributed by atoms with Gasteiger partial charge < -0.3 is 19.8 Å². The van der Waals surface area contributed by atoms with Crippen molar-refractivity contribution in [3.63, 3.8) is 0 Å². The summed E-state index contributed by atoms with van der Waals surface area (Å²) in [6.07, 6.45) is 5.83. The number of rotatable bonds is 7. The molecule has 2 N–H and O–H groups in total. The highest BCUT2D eigenvalue weighted by molar-refractivity contribution is 5.80. The van der Waals surface area contributed by atoms with Gasteiger partial charge in [-0.2, -0.15) is 0 Å². The first kappa shape index (κ1) is 16.9. The van der Waals surface area contributed by atoms with E-state index in [1.165, 1.54) is 0 Å². The van der Waals surface area contributed by atoms with Crippen LogP contribution < -0.4 is 10.6 Å². The van der Waals surface area contributed by atoms with E-state index >= 15 is 0 Å². The quantitative estimate of drug-likeness (QED) is 0.601. The van der Waals surface area contributed by atoms with Crippen LogP contribution in [0, 0.1) is 0 Å². The summed E-state index contributed by atoms with van der Waals surface area (Å²) in [5.41, 5.74) is -0.106. The van der Waals surface area contributed by atoms with Crippen LogP contribution >= 0.6 is 0 Å². The van der Waals surface area contributed by atoms with Gasteiger partial charge >= 0.3 is 0 Å². The maximum absolute atomic E-state index is 5.81. The Balaban J connectivity index is 1.86. The minimum atomic E-state index is -0.106. The van der Waals surface area contributed by atoms with Crippen LogP contribution in [0.3, 0.4) is 0 Å². The van der Waals surface area contributed by atoms with Crippen LogP contribution in [0.25, 0.3) is 0 Å². The van der Waals surface area contributed by atoms with Gasteiger partial charge in [-0.1, -0.05) is 6.92 Å². The van der Waals surface area contributed by atoms with Gasteiger partial charge in [0.15, 0.2) is 5.96 Å². The highest BCUT2D eigenvalue weighted by Crippen LogP contribution is 2.24. The lowest BCUT2D eigenvalue weighted by Gasteiger charge is -2.22. The second-order valence-corrected chi connectivity index (χ2v) is 6.28. The molecule has 1 aliphatic rings. The second kappa shape index (κ2) is 8.22. The summed E-state index contributed by atoms with van der Waals surface area (Å²) in [4.78, 5) is 4.72. The summed E-state index contributed by atoms with van der Waals surface area (Å²) in [7, 11) is 0. The van der Waals surface area contributed by atoms with Crippen molar-refractivity contribution in [3.8, 4) is 0 Å². The lowest BCUT2D eigenvalue weighted by molar-refractivity contribution is 0.0283. The van der Waals surface area contributed by atoms with Crippen molar-refractivity contribution in [2.45, 2.75) is 58.1 Å². The van der Waals surface area contributed by atoms with Crippen LogP contribution in [0.2, 0.25) is 0 Å². The predicted molar refractivity (Wildman–Crippen MR) is 89.2 cm³/mol. The SMILES string of the molecule is CCC(C)NC(=NCC1(C)CCCO1)NCCc1ccco1. The van der Waals surface area contributed by atoms with Gasteiger partial charge in [-0.3, -0.25) is 4.99 Å². The molecule has 0 spiro atoms. The van der Waals surface area contributed by atoms with Crippen LogP contribution in [0.1, 0.15) is 45.8 Å². The molecule has 5 heteroatoms. The molecule has 124 valence electrons. The third-order valence-corrected chi connectivity index (χ3v) is 4.11. The molecule has 1 fully saturated rings. The number of nitrogens with one attached hydrogen (secondary N) is 2. The molecule has 1 aromatic heterocycles. The third kappa shape index (κ3) is 5.37. The fourth-order valence-corrected chi connectivity index (χ4v) is 2.45. The largest absolute Gasteiger partial charge is 0.469 e. The Kier molecular flexibility index (Phi) is 6.31. The van der Waals surface area contributed by atoms with E-state index in [1.807, 2.05) is 12.1 Å². The normalized spacial score (nSPS) is 23.5. The average molecular weight is 307 g/mol. The number of nitrogens with zero attached hydrogens (tertiary/aromatic N) is 1. The summed E-state index contributed by atoms with van der Waals surface area (Å²) in [6.45, 7) is 8.82. The zero-order chi connectivity index (χ0) is 15.8. The molecule has 0 bridgehead atoms. The Labute approximate surface area is 133 Å². The topological polar surface area (TPSA) is 58.8 Å². The molecular weight excluding hydrogens is 278 g/mol. The first-order valence-corrected chi connectivity index (χ1v) is 8.32. The summed E-state index contributed by atoms with van der Waals surface area (Å²) in [5, 5.41) is 6.83. The first-order chi connectivity index (χ1) is 10.6. The van der Waals surface area contributed by atoms with E-state index in [2.05, 4.69) is 31.4 Å². The highest BCUT2D eigenvalue weighted by Gasteiger charge is 2.29. The fraction of sp³-hybridized carbons (Fsp3) is 0.706. The molecule has 0 amide bonds. The van der Waals surface area contributed by atoms with Gasteiger partial charge in [-0.25, -0.2) is 0 Å². The van der Waals surface area contributed by atoms with Gasteiger partial charge in [-0.05, 0) is 45.2 Å². The molecule has 2 heterocycles. The molecule has 22 heavy (non-hydrogen) atoms. The molecule has 1 saturated heterocycles. The molecule has 0 aliphatic carbocycles. The number of ether oxygens (including phenoxy) is 1. The van der Waals surface area contributed by atoms with E-state index < -0.39 is 0 Å². The number of hydrogen-bond acceptors (Lipinski definition) is 3. The first-order valence-electron chi connectivity index (χ1n) is 8.32. The maximum atomic E-state index is 5.81. The molecule has 0 saturated carbocycles. The summed E-state index contributed by atoms with van der Waals surface area (Å²) >= 11 is 0. The Morgan fingerprint density at radius 2 is 2.36 bits per heavy atom. The van der Waals surface area contributed by atoms with Crippen molar-refractivity contribution in [3.05, 3.63) is 24.2 Å². The van der Waals surface area contributed by atoms with Gasteiger partial charge in [0.2, 0.25) is 0 Å². The van der Waals surface area contributed by atoms with Crippen molar-refractivity contribution in [2.75, 3.05) is 19.7 Å². The van der Waals surface area contributed by atoms with Gasteiger partial charge in [0.05, 0.1) is 18.4 Å². The summed E-state index contributed by atoms with van der Waals surface area (Å²) < 4.78 is 11.2. The van der Waals surface area contributed by atoms with E-state index in [1.54, 1.807) is 6.26 Å². The Morgan fingerprint density at radius 3 is 3.00 bits per heavy atom. The maximum Gasteiger partial charge on any atom is 0.191 e. The van der Waals surface area contributed by atoms with E-state index in [9.17, 15) is 0 Å². The zero-order valence-electron chi connectivity index (χ0n) is 14.0. The minimum Gasteiger partial charge on any atom is -0.469 e. The van der Waals surface area contributed by atoms with Gasteiger partial charge in [0, 0.05) is 25.6 Å². The summed E-state index contributed by atoms with van der Waals surface area (Å²) in [5.74, 6) is 1.85. The smallest absolute Gasteiger partial charge is 0.191 e. The number of furan rings is 1. The fourth-order valence-electron chi connectivity index (χ4n) is 2.45. The minimum absolute atomic E-state index is 0.106. The Morgan fingerprint density at radius 1 is 1.50 bits per heavy atom. The van der Waals surface area contributed by atoms with Gasteiger partial charge in [0.1, 0.15) is 5.76 Å². The van der Waals surface area contributed by atoms with E-state index in [0.717, 1.165) is 50.6 Å². The van der Waals surface area contributed by atoms with Crippen molar-refractivity contribution in [1.29, 1.82) is 0 Å². The highest BCUT2D eigenvalue weighted by atomic mass is 16.5. The van der Waals surface area contributed by atoms with Crippen LogP contribution in [0.5, 0.6) is 0 Å². The molecule has 1 aromatic rings. The van der Waals surface area contributed by atoms with E-state index in [4.69, 9.17) is 14.1 Å². The summed E-state index contributed by atoms with van der Waals surface area (Å²) in [6, 6.07) is 4.31. The lowest BCUT2D eigenvalue weighted by atomic mass is 10.0. The Hall–Kier alpha value is -1.49. The monoisotopic (exact) mass is 307 g/mol. The lowest BCUT2D eigenvalue weighted by Crippen LogP contribution is -2.44. The molecule has 2 rings (SSSR count). The van der Waals surface area contributed by atoms with Crippen molar-refractivity contribution in [2.24, 2.45) is 4.99 Å². The molecule has 0 radical (unpaired) electrons. The third-order valence-electron chi connectivity index (χ3n) is 4.11. The molecule has 2 unspecified atom stereocenters. The standard InChI is InChI=1S/C17H29N3O2/c1-4-14(2)20-16(18-10-8-15-7-5-11-21-15)19-13-17(3)9-6-12-22-17/h5,7,11,14H,4,6,8-10,12-13H2,1-3H3,(H2,18,19,20). The van der Waals surface area contributed by atoms with Crippen LogP contribution in [-0.4, -0.2) is 37.3 Å².